The Morgan fingerprint density at radius 2 is 1.65 bits per heavy atom. The Hall–Kier alpha value is -1.10. The summed E-state index contributed by atoms with van der Waals surface area (Å²) in [6, 6.07) is 19.7. The number of halogens is 2. The number of fused-ring (bicyclic) bond motifs is 1. The van der Waals surface area contributed by atoms with Gasteiger partial charge < -0.3 is 5.11 Å². The molecular weight excluding hydrogens is 383 g/mol. The van der Waals surface area contributed by atoms with Gasteiger partial charge in [0.25, 0.3) is 0 Å². The zero-order chi connectivity index (χ0) is 14.1. The summed E-state index contributed by atoms with van der Waals surface area (Å²) in [6.45, 7) is 0. The number of benzene rings is 3. The highest BCUT2D eigenvalue weighted by Crippen LogP contribution is 2.30. The molecule has 0 aromatic heterocycles. The summed E-state index contributed by atoms with van der Waals surface area (Å²) in [5.41, 5.74) is 1.72. The van der Waals surface area contributed by atoms with Gasteiger partial charge in [0.15, 0.2) is 0 Å². The van der Waals surface area contributed by atoms with Gasteiger partial charge in [-0.15, -0.1) is 0 Å². The molecule has 1 atom stereocenters. The standard InChI is InChI=1S/C17H12ClIO/c18-14-7-8-16(19)15(10-14)17(20)13-6-5-11-3-1-2-4-12(11)9-13/h1-10,17,20H. The Morgan fingerprint density at radius 1 is 0.900 bits per heavy atom. The van der Waals surface area contributed by atoms with E-state index in [1.54, 1.807) is 0 Å². The van der Waals surface area contributed by atoms with Crippen LogP contribution in [0.5, 0.6) is 0 Å². The van der Waals surface area contributed by atoms with E-state index in [-0.39, 0.29) is 0 Å². The molecule has 3 aromatic carbocycles. The van der Waals surface area contributed by atoms with E-state index >= 15 is 0 Å². The second-order valence-electron chi connectivity index (χ2n) is 4.67. The van der Waals surface area contributed by atoms with E-state index in [4.69, 9.17) is 11.6 Å². The lowest BCUT2D eigenvalue weighted by atomic mass is 9.99. The van der Waals surface area contributed by atoms with Crippen LogP contribution in [-0.4, -0.2) is 5.11 Å². The van der Waals surface area contributed by atoms with Crippen molar-refractivity contribution < 1.29 is 5.11 Å². The summed E-state index contributed by atoms with van der Waals surface area (Å²) < 4.78 is 1.01. The van der Waals surface area contributed by atoms with Gasteiger partial charge >= 0.3 is 0 Å². The van der Waals surface area contributed by atoms with E-state index in [1.807, 2.05) is 48.5 Å². The average molecular weight is 395 g/mol. The maximum absolute atomic E-state index is 10.6. The predicted molar refractivity (Wildman–Crippen MR) is 92.2 cm³/mol. The highest BCUT2D eigenvalue weighted by molar-refractivity contribution is 14.1. The molecule has 0 amide bonds. The van der Waals surface area contributed by atoms with Crippen molar-refractivity contribution >= 4 is 45.0 Å². The van der Waals surface area contributed by atoms with Crippen LogP contribution in [0.15, 0.2) is 60.7 Å². The van der Waals surface area contributed by atoms with E-state index in [2.05, 4.69) is 34.7 Å². The molecule has 0 radical (unpaired) electrons. The summed E-state index contributed by atoms with van der Waals surface area (Å²) in [4.78, 5) is 0. The second-order valence-corrected chi connectivity index (χ2v) is 6.27. The fourth-order valence-electron chi connectivity index (χ4n) is 2.28. The Balaban J connectivity index is 2.07. The Morgan fingerprint density at radius 3 is 2.45 bits per heavy atom. The molecule has 1 unspecified atom stereocenters. The van der Waals surface area contributed by atoms with E-state index < -0.39 is 6.10 Å². The minimum Gasteiger partial charge on any atom is -0.384 e. The van der Waals surface area contributed by atoms with Crippen molar-refractivity contribution in [1.29, 1.82) is 0 Å². The number of hydrogen-bond acceptors (Lipinski definition) is 1. The minimum absolute atomic E-state index is 0.639. The zero-order valence-corrected chi connectivity index (χ0v) is 13.5. The monoisotopic (exact) mass is 394 g/mol. The molecule has 0 heterocycles. The first kappa shape index (κ1) is 13.9. The minimum atomic E-state index is -0.662. The van der Waals surface area contributed by atoms with Crippen LogP contribution in [-0.2, 0) is 0 Å². The normalized spacial score (nSPS) is 12.6. The van der Waals surface area contributed by atoms with E-state index in [0.29, 0.717) is 5.02 Å². The summed E-state index contributed by atoms with van der Waals surface area (Å²) in [5, 5.41) is 13.5. The van der Waals surface area contributed by atoms with Crippen molar-refractivity contribution in [2.45, 2.75) is 6.10 Å². The molecule has 0 aliphatic heterocycles. The number of aliphatic hydroxyl groups excluding tert-OH is 1. The molecule has 3 heteroatoms. The topological polar surface area (TPSA) is 20.2 Å². The molecule has 0 aliphatic carbocycles. The molecule has 0 bridgehead atoms. The predicted octanol–water partition coefficient (Wildman–Crippen LogP) is 5.18. The van der Waals surface area contributed by atoms with Crippen molar-refractivity contribution in [1.82, 2.24) is 0 Å². The van der Waals surface area contributed by atoms with Gasteiger partial charge in [-0.3, -0.25) is 0 Å². The van der Waals surface area contributed by atoms with Crippen LogP contribution in [0.4, 0.5) is 0 Å². The molecular formula is C17H12ClIO. The summed E-state index contributed by atoms with van der Waals surface area (Å²) in [6.07, 6.45) is -0.662. The highest BCUT2D eigenvalue weighted by Gasteiger charge is 2.14. The first-order chi connectivity index (χ1) is 9.65. The molecule has 20 heavy (non-hydrogen) atoms. The number of rotatable bonds is 2. The van der Waals surface area contributed by atoms with Crippen molar-refractivity contribution in [2.75, 3.05) is 0 Å². The van der Waals surface area contributed by atoms with Gasteiger partial charge in [0.2, 0.25) is 0 Å². The maximum atomic E-state index is 10.6. The fourth-order valence-corrected chi connectivity index (χ4v) is 3.09. The molecule has 0 saturated heterocycles. The van der Waals surface area contributed by atoms with Gasteiger partial charge in [0, 0.05) is 8.59 Å². The molecule has 100 valence electrons. The lowest BCUT2D eigenvalue weighted by molar-refractivity contribution is 0.219. The van der Waals surface area contributed by atoms with Crippen LogP contribution in [0.25, 0.3) is 10.8 Å². The molecule has 0 aliphatic rings. The van der Waals surface area contributed by atoms with E-state index in [0.717, 1.165) is 20.1 Å². The van der Waals surface area contributed by atoms with Crippen molar-refractivity contribution in [3.05, 3.63) is 80.4 Å². The van der Waals surface area contributed by atoms with E-state index in [9.17, 15) is 5.11 Å². The van der Waals surface area contributed by atoms with Gasteiger partial charge in [-0.05, 0) is 68.8 Å². The molecule has 3 rings (SSSR count). The van der Waals surface area contributed by atoms with E-state index in [1.165, 1.54) is 5.39 Å². The van der Waals surface area contributed by atoms with Crippen LogP contribution >= 0.6 is 34.2 Å². The molecule has 0 saturated carbocycles. The fraction of sp³-hybridized carbons (Fsp3) is 0.0588. The third kappa shape index (κ3) is 2.68. The first-order valence-corrected chi connectivity index (χ1v) is 7.72. The van der Waals surface area contributed by atoms with Gasteiger partial charge in [0.05, 0.1) is 0 Å². The molecule has 1 nitrogen and oxygen atoms in total. The lowest BCUT2D eigenvalue weighted by Crippen LogP contribution is -2.02. The Bertz CT molecular complexity index is 770. The SMILES string of the molecule is OC(c1ccc2ccccc2c1)c1cc(Cl)ccc1I. The highest BCUT2D eigenvalue weighted by atomic mass is 127. The smallest absolute Gasteiger partial charge is 0.105 e. The van der Waals surface area contributed by atoms with Crippen LogP contribution < -0.4 is 0 Å². The van der Waals surface area contributed by atoms with Gasteiger partial charge in [-0.2, -0.15) is 0 Å². The van der Waals surface area contributed by atoms with Gasteiger partial charge in [0.1, 0.15) is 6.10 Å². The summed E-state index contributed by atoms with van der Waals surface area (Å²) >= 11 is 8.25. The molecule has 3 aromatic rings. The van der Waals surface area contributed by atoms with Crippen molar-refractivity contribution in [3.63, 3.8) is 0 Å². The summed E-state index contributed by atoms with van der Waals surface area (Å²) in [5.74, 6) is 0. The van der Waals surface area contributed by atoms with Crippen LogP contribution in [0.2, 0.25) is 5.02 Å². The van der Waals surface area contributed by atoms with Gasteiger partial charge in [-0.25, -0.2) is 0 Å². The zero-order valence-electron chi connectivity index (χ0n) is 10.6. The van der Waals surface area contributed by atoms with Crippen LogP contribution in [0, 0.1) is 3.57 Å². The van der Waals surface area contributed by atoms with Crippen LogP contribution in [0.3, 0.4) is 0 Å². The Kier molecular flexibility index (Phi) is 3.96. The third-order valence-electron chi connectivity index (χ3n) is 3.34. The van der Waals surface area contributed by atoms with Gasteiger partial charge in [-0.1, -0.05) is 48.0 Å². The third-order valence-corrected chi connectivity index (χ3v) is 4.56. The first-order valence-electron chi connectivity index (χ1n) is 6.27. The van der Waals surface area contributed by atoms with Crippen molar-refractivity contribution in [3.8, 4) is 0 Å². The van der Waals surface area contributed by atoms with Crippen molar-refractivity contribution in [2.24, 2.45) is 0 Å². The number of aliphatic hydroxyl groups is 1. The number of hydrogen-bond donors (Lipinski definition) is 1. The van der Waals surface area contributed by atoms with Crippen LogP contribution in [0.1, 0.15) is 17.2 Å². The maximum Gasteiger partial charge on any atom is 0.105 e. The molecule has 0 spiro atoms. The molecule has 1 N–H and O–H groups in total. The quantitative estimate of drug-likeness (QED) is 0.594. The average Bonchev–Trinajstić information content (AvgIpc) is 2.48. The largest absolute Gasteiger partial charge is 0.384 e. The summed E-state index contributed by atoms with van der Waals surface area (Å²) in [7, 11) is 0. The second kappa shape index (κ2) is 5.72. The Labute approximate surface area is 136 Å². The molecule has 0 fully saturated rings. The lowest BCUT2D eigenvalue weighted by Gasteiger charge is -2.14.